The molecule has 0 saturated heterocycles. The molecule has 0 radical (unpaired) electrons. The monoisotopic (exact) mass is 361 g/mol. The van der Waals surface area contributed by atoms with E-state index in [9.17, 15) is 4.79 Å². The van der Waals surface area contributed by atoms with Gasteiger partial charge < -0.3 is 15.5 Å². The zero-order valence-corrected chi connectivity index (χ0v) is 15.5. The molecule has 3 aromatic rings. The van der Waals surface area contributed by atoms with Gasteiger partial charge in [0.15, 0.2) is 0 Å². The predicted molar refractivity (Wildman–Crippen MR) is 109 cm³/mol. The summed E-state index contributed by atoms with van der Waals surface area (Å²) in [5, 5.41) is 6.04. The zero-order valence-electron chi connectivity index (χ0n) is 15.5. The van der Waals surface area contributed by atoms with Gasteiger partial charge in [-0.05, 0) is 36.2 Å². The first-order valence-corrected chi connectivity index (χ1v) is 8.80. The molecule has 3 rings (SSSR count). The van der Waals surface area contributed by atoms with E-state index in [1.807, 2.05) is 61.5 Å². The molecule has 6 heteroatoms. The summed E-state index contributed by atoms with van der Waals surface area (Å²) in [5.41, 5.74) is 3.32. The van der Waals surface area contributed by atoms with E-state index in [1.54, 1.807) is 6.20 Å². The maximum Gasteiger partial charge on any atom is 0.275 e. The fourth-order valence-electron chi connectivity index (χ4n) is 2.55. The van der Waals surface area contributed by atoms with Crippen LogP contribution in [-0.4, -0.2) is 36.5 Å². The van der Waals surface area contributed by atoms with Gasteiger partial charge in [-0.2, -0.15) is 0 Å². The van der Waals surface area contributed by atoms with E-state index in [4.69, 9.17) is 0 Å². The molecule has 0 aliphatic heterocycles. The van der Waals surface area contributed by atoms with Gasteiger partial charge in [0.25, 0.3) is 5.91 Å². The Hall–Kier alpha value is -3.41. The molecular weight excluding hydrogens is 338 g/mol. The van der Waals surface area contributed by atoms with Gasteiger partial charge in [-0.15, -0.1) is 0 Å². The van der Waals surface area contributed by atoms with Crippen LogP contribution in [-0.2, 0) is 6.42 Å². The first kappa shape index (κ1) is 18.4. The van der Waals surface area contributed by atoms with E-state index in [1.165, 1.54) is 11.8 Å². The molecular formula is C21H23N5O. The number of hydrogen-bond donors (Lipinski definition) is 2. The SMILES string of the molecule is CN(C)c1ccc(NC(=O)c2cnc(NCCc3ccccc3)cn2)cc1. The number of benzene rings is 2. The lowest BCUT2D eigenvalue weighted by atomic mass is 10.1. The number of anilines is 3. The number of rotatable bonds is 7. The van der Waals surface area contributed by atoms with Crippen LogP contribution < -0.4 is 15.5 Å². The highest BCUT2D eigenvalue weighted by Gasteiger charge is 2.09. The fraction of sp³-hybridized carbons (Fsp3) is 0.190. The Balaban J connectivity index is 1.52. The van der Waals surface area contributed by atoms with Gasteiger partial charge in [-0.1, -0.05) is 30.3 Å². The lowest BCUT2D eigenvalue weighted by Crippen LogP contribution is -2.15. The predicted octanol–water partition coefficient (Wildman–Crippen LogP) is 3.45. The molecule has 0 aliphatic carbocycles. The summed E-state index contributed by atoms with van der Waals surface area (Å²) >= 11 is 0. The average Bonchev–Trinajstić information content (AvgIpc) is 2.70. The van der Waals surface area contributed by atoms with E-state index >= 15 is 0 Å². The fourth-order valence-corrected chi connectivity index (χ4v) is 2.55. The highest BCUT2D eigenvalue weighted by Crippen LogP contribution is 2.16. The second-order valence-electron chi connectivity index (χ2n) is 6.34. The van der Waals surface area contributed by atoms with Crippen LogP contribution in [0.3, 0.4) is 0 Å². The van der Waals surface area contributed by atoms with Crippen molar-refractivity contribution in [3.8, 4) is 0 Å². The minimum absolute atomic E-state index is 0.278. The maximum atomic E-state index is 12.3. The van der Waals surface area contributed by atoms with Gasteiger partial charge in [0.05, 0.1) is 12.4 Å². The van der Waals surface area contributed by atoms with Crippen molar-refractivity contribution in [1.82, 2.24) is 9.97 Å². The first-order valence-electron chi connectivity index (χ1n) is 8.80. The molecule has 2 aromatic carbocycles. The summed E-state index contributed by atoms with van der Waals surface area (Å²) < 4.78 is 0. The molecule has 0 saturated carbocycles. The molecule has 2 N–H and O–H groups in total. The first-order chi connectivity index (χ1) is 13.1. The number of aromatic nitrogens is 2. The summed E-state index contributed by atoms with van der Waals surface area (Å²) in [6, 6.07) is 17.8. The molecule has 138 valence electrons. The Labute approximate surface area is 159 Å². The maximum absolute atomic E-state index is 12.3. The Morgan fingerprint density at radius 3 is 2.33 bits per heavy atom. The van der Waals surface area contributed by atoms with Crippen molar-refractivity contribution < 1.29 is 4.79 Å². The van der Waals surface area contributed by atoms with E-state index in [2.05, 4.69) is 32.7 Å². The number of nitrogens with one attached hydrogen (secondary N) is 2. The Kier molecular flexibility index (Phi) is 5.99. The quantitative estimate of drug-likeness (QED) is 0.674. The van der Waals surface area contributed by atoms with Crippen molar-refractivity contribution in [2.75, 3.05) is 36.2 Å². The van der Waals surface area contributed by atoms with Gasteiger partial charge in [0.2, 0.25) is 0 Å². The second kappa shape index (κ2) is 8.80. The third-order valence-electron chi connectivity index (χ3n) is 4.09. The van der Waals surface area contributed by atoms with Crippen LogP contribution in [0, 0.1) is 0 Å². The second-order valence-corrected chi connectivity index (χ2v) is 6.34. The Morgan fingerprint density at radius 2 is 1.70 bits per heavy atom. The molecule has 0 atom stereocenters. The largest absolute Gasteiger partial charge is 0.378 e. The van der Waals surface area contributed by atoms with Crippen molar-refractivity contribution in [3.63, 3.8) is 0 Å². The summed E-state index contributed by atoms with van der Waals surface area (Å²) in [6.07, 6.45) is 3.96. The molecule has 0 bridgehead atoms. The topological polar surface area (TPSA) is 70.2 Å². The molecule has 6 nitrogen and oxygen atoms in total. The van der Waals surface area contributed by atoms with Crippen LogP contribution in [0.5, 0.6) is 0 Å². The third kappa shape index (κ3) is 5.28. The Morgan fingerprint density at radius 1 is 0.963 bits per heavy atom. The lowest BCUT2D eigenvalue weighted by molar-refractivity contribution is 0.102. The third-order valence-corrected chi connectivity index (χ3v) is 4.09. The van der Waals surface area contributed by atoms with E-state index < -0.39 is 0 Å². The summed E-state index contributed by atoms with van der Waals surface area (Å²) in [5.74, 6) is 0.369. The number of carbonyl (C=O) groups excluding carboxylic acids is 1. The standard InChI is InChI=1S/C21H23N5O/c1-26(2)18-10-8-17(9-11-18)25-21(27)19-14-24-20(15-23-19)22-13-12-16-6-4-3-5-7-16/h3-11,14-15H,12-13H2,1-2H3,(H,22,24)(H,25,27). The minimum atomic E-state index is -0.282. The molecule has 0 fully saturated rings. The van der Waals surface area contributed by atoms with E-state index in [0.717, 1.165) is 24.3 Å². The van der Waals surface area contributed by atoms with Crippen molar-refractivity contribution in [2.24, 2.45) is 0 Å². The van der Waals surface area contributed by atoms with Crippen LogP contribution in [0.15, 0.2) is 67.0 Å². The number of hydrogen-bond acceptors (Lipinski definition) is 5. The van der Waals surface area contributed by atoms with Crippen molar-refractivity contribution in [2.45, 2.75) is 6.42 Å². The van der Waals surface area contributed by atoms with Crippen LogP contribution in [0.4, 0.5) is 17.2 Å². The summed E-state index contributed by atoms with van der Waals surface area (Å²) in [7, 11) is 3.94. The van der Waals surface area contributed by atoms with Gasteiger partial charge >= 0.3 is 0 Å². The van der Waals surface area contributed by atoms with Crippen LogP contribution in [0.25, 0.3) is 0 Å². The van der Waals surface area contributed by atoms with Crippen molar-refractivity contribution in [1.29, 1.82) is 0 Å². The Bertz CT molecular complexity index is 861. The molecule has 1 heterocycles. The van der Waals surface area contributed by atoms with Gasteiger partial charge in [-0.25, -0.2) is 9.97 Å². The van der Waals surface area contributed by atoms with Crippen LogP contribution >= 0.6 is 0 Å². The molecule has 0 unspecified atom stereocenters. The molecule has 27 heavy (non-hydrogen) atoms. The van der Waals surface area contributed by atoms with Crippen molar-refractivity contribution in [3.05, 3.63) is 78.2 Å². The van der Waals surface area contributed by atoms with Crippen molar-refractivity contribution >= 4 is 23.1 Å². The number of amides is 1. The number of carbonyl (C=O) groups is 1. The van der Waals surface area contributed by atoms with Crippen LogP contribution in [0.2, 0.25) is 0 Å². The summed E-state index contributed by atoms with van der Waals surface area (Å²) in [6.45, 7) is 0.752. The van der Waals surface area contributed by atoms with Gasteiger partial charge in [0, 0.05) is 32.0 Å². The number of nitrogens with zero attached hydrogens (tertiary/aromatic N) is 3. The highest BCUT2D eigenvalue weighted by atomic mass is 16.1. The lowest BCUT2D eigenvalue weighted by Gasteiger charge is -2.13. The summed E-state index contributed by atoms with van der Waals surface area (Å²) in [4.78, 5) is 22.8. The van der Waals surface area contributed by atoms with Crippen LogP contribution in [0.1, 0.15) is 16.1 Å². The average molecular weight is 361 g/mol. The zero-order chi connectivity index (χ0) is 19.1. The normalized spacial score (nSPS) is 10.3. The minimum Gasteiger partial charge on any atom is -0.378 e. The smallest absolute Gasteiger partial charge is 0.275 e. The molecule has 1 aromatic heterocycles. The van der Waals surface area contributed by atoms with Gasteiger partial charge in [-0.3, -0.25) is 4.79 Å². The molecule has 1 amide bonds. The van der Waals surface area contributed by atoms with Gasteiger partial charge in [0.1, 0.15) is 11.5 Å². The van der Waals surface area contributed by atoms with E-state index in [0.29, 0.717) is 5.82 Å². The molecule has 0 spiro atoms. The van der Waals surface area contributed by atoms with E-state index in [-0.39, 0.29) is 11.6 Å². The molecule has 0 aliphatic rings. The highest BCUT2D eigenvalue weighted by molar-refractivity contribution is 6.02.